The normalized spacial score (nSPS) is 10.6. The van der Waals surface area contributed by atoms with Crippen LogP contribution < -0.4 is 5.56 Å². The van der Waals surface area contributed by atoms with Gasteiger partial charge in [-0.2, -0.15) is 0 Å². The fraction of sp³-hybridized carbons (Fsp3) is 0.111. The van der Waals surface area contributed by atoms with E-state index in [0.717, 1.165) is 4.88 Å². The van der Waals surface area contributed by atoms with E-state index in [9.17, 15) is 9.59 Å². The largest absolute Gasteiger partial charge is 0.478 e. The second-order valence-electron chi connectivity index (χ2n) is 2.91. The van der Waals surface area contributed by atoms with Gasteiger partial charge >= 0.3 is 5.97 Å². The van der Waals surface area contributed by atoms with Crippen LogP contribution in [0, 0.1) is 6.92 Å². The number of aryl methyl sites for hydroxylation is 1. The molecule has 14 heavy (non-hydrogen) atoms. The monoisotopic (exact) mass is 209 g/mol. The molecule has 2 rings (SSSR count). The molecule has 2 aromatic rings. The van der Waals surface area contributed by atoms with Crippen molar-refractivity contribution in [2.75, 3.05) is 0 Å². The fourth-order valence-electron chi connectivity index (χ4n) is 1.29. The first-order chi connectivity index (χ1) is 6.59. The number of rotatable bonds is 1. The Morgan fingerprint density at radius 2 is 2.21 bits per heavy atom. The van der Waals surface area contributed by atoms with Gasteiger partial charge in [0.2, 0.25) is 0 Å². The van der Waals surface area contributed by atoms with Crippen molar-refractivity contribution < 1.29 is 9.90 Å². The summed E-state index contributed by atoms with van der Waals surface area (Å²) in [6, 6.07) is 2.61. The van der Waals surface area contributed by atoms with Crippen molar-refractivity contribution in [2.45, 2.75) is 6.92 Å². The molecule has 2 heterocycles. The van der Waals surface area contributed by atoms with Crippen LogP contribution in [0.2, 0.25) is 0 Å². The number of carboxylic acid groups (broad SMARTS) is 1. The molecule has 0 spiro atoms. The molecule has 0 saturated heterocycles. The van der Waals surface area contributed by atoms with Crippen LogP contribution in [0.1, 0.15) is 15.2 Å². The molecule has 0 saturated carbocycles. The Balaban J connectivity index is 2.95. The molecule has 0 aliphatic rings. The maximum atomic E-state index is 11.3. The summed E-state index contributed by atoms with van der Waals surface area (Å²) in [6.07, 6.45) is 1.65. The van der Waals surface area contributed by atoms with Crippen LogP contribution in [-0.2, 0) is 0 Å². The number of nitrogens with zero attached hydrogens (tertiary/aromatic N) is 1. The van der Waals surface area contributed by atoms with Gasteiger partial charge in [0.05, 0.1) is 5.56 Å². The van der Waals surface area contributed by atoms with Crippen molar-refractivity contribution in [1.82, 2.24) is 4.40 Å². The highest BCUT2D eigenvalue weighted by atomic mass is 32.1. The summed E-state index contributed by atoms with van der Waals surface area (Å²) in [4.78, 5) is 23.6. The lowest BCUT2D eigenvalue weighted by atomic mass is 10.3. The molecule has 0 fully saturated rings. The second kappa shape index (κ2) is 2.95. The van der Waals surface area contributed by atoms with Gasteiger partial charge in [-0.3, -0.25) is 9.20 Å². The minimum Gasteiger partial charge on any atom is -0.478 e. The van der Waals surface area contributed by atoms with Crippen molar-refractivity contribution >= 4 is 22.1 Å². The minimum atomic E-state index is -1.01. The summed E-state index contributed by atoms with van der Waals surface area (Å²) in [5, 5.41) is 8.87. The summed E-state index contributed by atoms with van der Waals surface area (Å²) in [7, 11) is 0. The SMILES string of the molecule is Cc1cn2c(=O)ccc(C(=O)O)c2s1. The Morgan fingerprint density at radius 3 is 2.86 bits per heavy atom. The molecular weight excluding hydrogens is 202 g/mol. The van der Waals surface area contributed by atoms with Crippen LogP contribution in [0.3, 0.4) is 0 Å². The van der Waals surface area contributed by atoms with E-state index in [-0.39, 0.29) is 11.1 Å². The van der Waals surface area contributed by atoms with E-state index in [0.29, 0.717) is 4.83 Å². The molecule has 0 atom stereocenters. The number of hydrogen-bond acceptors (Lipinski definition) is 3. The van der Waals surface area contributed by atoms with Crippen molar-refractivity contribution in [1.29, 1.82) is 0 Å². The first-order valence-corrected chi connectivity index (χ1v) is 4.76. The summed E-state index contributed by atoms with van der Waals surface area (Å²) >= 11 is 1.30. The van der Waals surface area contributed by atoms with E-state index in [4.69, 9.17) is 5.11 Å². The molecule has 2 aromatic heterocycles. The van der Waals surface area contributed by atoms with Crippen LogP contribution >= 0.6 is 11.3 Å². The number of thiazole rings is 1. The fourth-order valence-corrected chi connectivity index (χ4v) is 2.26. The first kappa shape index (κ1) is 8.96. The van der Waals surface area contributed by atoms with Crippen LogP contribution in [0.4, 0.5) is 0 Å². The standard InChI is InChI=1S/C9H7NO3S/c1-5-4-10-7(11)3-2-6(9(12)13)8(10)14-5/h2-4H,1H3,(H,12,13). The first-order valence-electron chi connectivity index (χ1n) is 3.94. The van der Waals surface area contributed by atoms with Gasteiger partial charge in [0.15, 0.2) is 0 Å². The number of pyridine rings is 1. The molecule has 4 nitrogen and oxygen atoms in total. The van der Waals surface area contributed by atoms with E-state index in [1.807, 2.05) is 6.92 Å². The Labute approximate surface area is 83.0 Å². The van der Waals surface area contributed by atoms with Crippen molar-refractivity contribution in [2.24, 2.45) is 0 Å². The molecule has 5 heteroatoms. The predicted octanol–water partition coefficient (Wildman–Crippen LogP) is 1.37. The van der Waals surface area contributed by atoms with Gasteiger partial charge in [-0.15, -0.1) is 11.3 Å². The minimum absolute atomic E-state index is 0.169. The smallest absolute Gasteiger partial charge is 0.338 e. The Hall–Kier alpha value is -1.62. The third kappa shape index (κ3) is 1.22. The summed E-state index contributed by atoms with van der Waals surface area (Å²) < 4.78 is 1.36. The lowest BCUT2D eigenvalue weighted by Gasteiger charge is -1.95. The molecule has 0 bridgehead atoms. The molecule has 0 aliphatic carbocycles. The zero-order valence-electron chi connectivity index (χ0n) is 7.35. The zero-order chi connectivity index (χ0) is 10.3. The van der Waals surface area contributed by atoms with Crippen LogP contribution in [0.25, 0.3) is 4.83 Å². The Bertz CT molecular complexity index is 567. The highest BCUT2D eigenvalue weighted by Crippen LogP contribution is 2.19. The highest BCUT2D eigenvalue weighted by Gasteiger charge is 2.11. The maximum Gasteiger partial charge on any atom is 0.338 e. The number of aromatic nitrogens is 1. The summed E-state index contributed by atoms with van der Waals surface area (Å²) in [6.45, 7) is 1.84. The van der Waals surface area contributed by atoms with Crippen LogP contribution in [-0.4, -0.2) is 15.5 Å². The molecule has 0 aromatic carbocycles. The highest BCUT2D eigenvalue weighted by molar-refractivity contribution is 7.17. The van der Waals surface area contributed by atoms with Crippen LogP contribution in [0.15, 0.2) is 23.1 Å². The number of carbonyl (C=O) groups is 1. The van der Waals surface area contributed by atoms with Crippen molar-refractivity contribution in [3.8, 4) is 0 Å². The lowest BCUT2D eigenvalue weighted by Crippen LogP contribution is -2.12. The van der Waals surface area contributed by atoms with Gasteiger partial charge in [0.1, 0.15) is 4.83 Å². The zero-order valence-corrected chi connectivity index (χ0v) is 8.17. The third-order valence-electron chi connectivity index (χ3n) is 1.88. The molecule has 0 radical (unpaired) electrons. The van der Waals surface area contributed by atoms with E-state index in [2.05, 4.69) is 0 Å². The van der Waals surface area contributed by atoms with E-state index >= 15 is 0 Å². The predicted molar refractivity (Wildman–Crippen MR) is 53.2 cm³/mol. The molecule has 0 aliphatic heterocycles. The maximum absolute atomic E-state index is 11.3. The van der Waals surface area contributed by atoms with Gasteiger partial charge in [-0.25, -0.2) is 4.79 Å². The average molecular weight is 209 g/mol. The molecule has 0 unspecified atom stereocenters. The van der Waals surface area contributed by atoms with Gasteiger partial charge < -0.3 is 5.11 Å². The van der Waals surface area contributed by atoms with Gasteiger partial charge in [0.25, 0.3) is 5.56 Å². The third-order valence-corrected chi connectivity index (χ3v) is 2.92. The van der Waals surface area contributed by atoms with Gasteiger partial charge in [-0.1, -0.05) is 0 Å². The number of aromatic carboxylic acids is 1. The quantitative estimate of drug-likeness (QED) is 0.771. The molecular formula is C9H7NO3S. The number of carboxylic acids is 1. The van der Waals surface area contributed by atoms with E-state index in [1.54, 1.807) is 6.20 Å². The molecule has 72 valence electrons. The number of fused-ring (bicyclic) bond motifs is 1. The summed E-state index contributed by atoms with van der Waals surface area (Å²) in [5.41, 5.74) is -0.0305. The lowest BCUT2D eigenvalue weighted by molar-refractivity contribution is 0.0699. The second-order valence-corrected chi connectivity index (χ2v) is 4.14. The van der Waals surface area contributed by atoms with Gasteiger partial charge in [-0.05, 0) is 13.0 Å². The van der Waals surface area contributed by atoms with Crippen LogP contribution in [0.5, 0.6) is 0 Å². The molecule has 0 amide bonds. The number of hydrogen-bond donors (Lipinski definition) is 1. The summed E-state index contributed by atoms with van der Waals surface area (Å²) in [5.74, 6) is -1.01. The van der Waals surface area contributed by atoms with Gasteiger partial charge in [0, 0.05) is 17.1 Å². The van der Waals surface area contributed by atoms with Crippen molar-refractivity contribution in [3.05, 3.63) is 39.1 Å². The Morgan fingerprint density at radius 1 is 1.50 bits per heavy atom. The van der Waals surface area contributed by atoms with E-state index < -0.39 is 5.97 Å². The van der Waals surface area contributed by atoms with Crippen molar-refractivity contribution in [3.63, 3.8) is 0 Å². The Kier molecular flexibility index (Phi) is 1.89. The van der Waals surface area contributed by atoms with E-state index in [1.165, 1.54) is 27.9 Å². The topological polar surface area (TPSA) is 58.8 Å². The molecule has 1 N–H and O–H groups in total. The average Bonchev–Trinajstić information content (AvgIpc) is 2.47.